The van der Waals surface area contributed by atoms with E-state index in [0.717, 1.165) is 50.4 Å². The second-order valence-corrected chi connectivity index (χ2v) is 7.25. The van der Waals surface area contributed by atoms with Gasteiger partial charge in [-0.15, -0.1) is 12.4 Å². The number of nitrogens with zero attached hydrogens (tertiary/aromatic N) is 4. The summed E-state index contributed by atoms with van der Waals surface area (Å²) in [6.07, 6.45) is 9.97. The molecule has 0 N–H and O–H groups in total. The highest BCUT2D eigenvalue weighted by atomic mass is 35.5. The number of imidazole rings is 1. The molecule has 6 heteroatoms. The van der Waals surface area contributed by atoms with Crippen molar-refractivity contribution in [1.82, 2.24) is 19.3 Å². The maximum atomic E-state index is 5.68. The summed E-state index contributed by atoms with van der Waals surface area (Å²) in [6, 6.07) is 9.00. The molecule has 27 heavy (non-hydrogen) atoms. The van der Waals surface area contributed by atoms with Crippen LogP contribution in [0.2, 0.25) is 0 Å². The maximum absolute atomic E-state index is 5.68. The smallest absolute Gasteiger partial charge is 0.0951 e. The molecular weight excluding hydrogens is 360 g/mol. The molecule has 1 saturated heterocycles. The van der Waals surface area contributed by atoms with Crippen molar-refractivity contribution in [2.45, 2.75) is 45.2 Å². The van der Waals surface area contributed by atoms with Gasteiger partial charge in [-0.05, 0) is 32.3 Å². The van der Waals surface area contributed by atoms with Gasteiger partial charge in [0.25, 0.3) is 0 Å². The van der Waals surface area contributed by atoms with Crippen molar-refractivity contribution in [2.75, 3.05) is 13.2 Å². The fraction of sp³-hybridized carbons (Fsp3) is 0.429. The summed E-state index contributed by atoms with van der Waals surface area (Å²) in [5.74, 6) is 0. The Hall–Kier alpha value is -2.11. The summed E-state index contributed by atoms with van der Waals surface area (Å²) in [6.45, 7) is 7.64. The molecule has 5 nitrogen and oxygen atoms in total. The van der Waals surface area contributed by atoms with E-state index in [-0.39, 0.29) is 17.8 Å². The SMILES string of the molecule is CCn1cc(-c2cncn2CC2(c3ccc(C)cc3)CCOCC2)cn1.Cl. The van der Waals surface area contributed by atoms with Gasteiger partial charge < -0.3 is 9.30 Å². The lowest BCUT2D eigenvalue weighted by atomic mass is 9.74. The molecule has 4 rings (SSSR count). The molecule has 1 aliphatic rings. The largest absolute Gasteiger partial charge is 0.381 e. The molecule has 0 unspecified atom stereocenters. The third-order valence-electron chi connectivity index (χ3n) is 5.55. The van der Waals surface area contributed by atoms with E-state index in [1.807, 2.05) is 23.4 Å². The summed E-state index contributed by atoms with van der Waals surface area (Å²) in [4.78, 5) is 4.43. The summed E-state index contributed by atoms with van der Waals surface area (Å²) in [5, 5.41) is 4.42. The van der Waals surface area contributed by atoms with Crippen LogP contribution in [0, 0.1) is 6.92 Å². The van der Waals surface area contributed by atoms with Crippen molar-refractivity contribution in [2.24, 2.45) is 0 Å². The van der Waals surface area contributed by atoms with E-state index in [4.69, 9.17) is 4.74 Å². The van der Waals surface area contributed by atoms with Crippen molar-refractivity contribution in [3.8, 4) is 11.3 Å². The molecular formula is C21H27ClN4O. The average Bonchev–Trinajstić information content (AvgIpc) is 3.32. The number of aromatic nitrogens is 4. The molecule has 0 saturated carbocycles. The van der Waals surface area contributed by atoms with Crippen LogP contribution in [-0.4, -0.2) is 32.5 Å². The molecule has 3 heterocycles. The van der Waals surface area contributed by atoms with Gasteiger partial charge in [0.2, 0.25) is 0 Å². The predicted molar refractivity (Wildman–Crippen MR) is 109 cm³/mol. The first-order chi connectivity index (χ1) is 12.7. The van der Waals surface area contributed by atoms with Crippen LogP contribution in [0.3, 0.4) is 0 Å². The summed E-state index contributed by atoms with van der Waals surface area (Å²) < 4.78 is 9.92. The van der Waals surface area contributed by atoms with Gasteiger partial charge in [-0.3, -0.25) is 4.68 Å². The van der Waals surface area contributed by atoms with Crippen LogP contribution in [-0.2, 0) is 23.2 Å². The Morgan fingerprint density at radius 2 is 1.85 bits per heavy atom. The summed E-state index contributed by atoms with van der Waals surface area (Å²) in [7, 11) is 0. The van der Waals surface area contributed by atoms with E-state index in [2.05, 4.69) is 59.0 Å². The fourth-order valence-electron chi connectivity index (χ4n) is 3.89. The second kappa shape index (κ2) is 8.28. The second-order valence-electron chi connectivity index (χ2n) is 7.25. The van der Waals surface area contributed by atoms with E-state index in [0.29, 0.717) is 0 Å². The molecule has 0 radical (unpaired) electrons. The molecule has 1 aliphatic heterocycles. The van der Waals surface area contributed by atoms with Gasteiger partial charge in [-0.25, -0.2) is 4.98 Å². The van der Waals surface area contributed by atoms with Crippen molar-refractivity contribution >= 4 is 12.4 Å². The van der Waals surface area contributed by atoms with Crippen LogP contribution in [0.25, 0.3) is 11.3 Å². The lowest BCUT2D eigenvalue weighted by molar-refractivity contribution is 0.0436. The number of aryl methyl sites for hydroxylation is 2. The molecule has 3 aromatic rings. The molecule has 2 aromatic heterocycles. The number of hydrogen-bond donors (Lipinski definition) is 0. The third-order valence-corrected chi connectivity index (χ3v) is 5.55. The number of ether oxygens (including phenoxy) is 1. The Kier molecular flexibility index (Phi) is 6.02. The van der Waals surface area contributed by atoms with Gasteiger partial charge in [-0.1, -0.05) is 29.8 Å². The Bertz CT molecular complexity index is 862. The van der Waals surface area contributed by atoms with Crippen LogP contribution in [0.5, 0.6) is 0 Å². The maximum Gasteiger partial charge on any atom is 0.0951 e. The number of rotatable bonds is 5. The van der Waals surface area contributed by atoms with Crippen LogP contribution in [0.15, 0.2) is 49.2 Å². The highest BCUT2D eigenvalue weighted by Crippen LogP contribution is 2.37. The van der Waals surface area contributed by atoms with Crippen LogP contribution >= 0.6 is 12.4 Å². The van der Waals surface area contributed by atoms with Gasteiger partial charge in [0.1, 0.15) is 0 Å². The van der Waals surface area contributed by atoms with E-state index < -0.39 is 0 Å². The van der Waals surface area contributed by atoms with E-state index >= 15 is 0 Å². The zero-order valence-electron chi connectivity index (χ0n) is 16.0. The van der Waals surface area contributed by atoms with E-state index in [1.165, 1.54) is 11.1 Å². The zero-order chi connectivity index (χ0) is 18.0. The van der Waals surface area contributed by atoms with Crippen LogP contribution in [0.1, 0.15) is 30.9 Å². The van der Waals surface area contributed by atoms with Gasteiger partial charge in [0.05, 0.1) is 24.4 Å². The van der Waals surface area contributed by atoms with Crippen molar-refractivity contribution in [3.63, 3.8) is 0 Å². The van der Waals surface area contributed by atoms with Gasteiger partial charge >= 0.3 is 0 Å². The lowest BCUT2D eigenvalue weighted by Crippen LogP contribution is -2.38. The third kappa shape index (κ3) is 3.94. The molecule has 1 fully saturated rings. The lowest BCUT2D eigenvalue weighted by Gasteiger charge is -2.38. The Morgan fingerprint density at radius 3 is 2.52 bits per heavy atom. The monoisotopic (exact) mass is 386 g/mol. The minimum atomic E-state index is 0. The molecule has 0 amide bonds. The zero-order valence-corrected chi connectivity index (χ0v) is 16.8. The van der Waals surface area contributed by atoms with Gasteiger partial charge in [0.15, 0.2) is 0 Å². The van der Waals surface area contributed by atoms with Gasteiger partial charge in [-0.2, -0.15) is 5.10 Å². The molecule has 0 aliphatic carbocycles. The van der Waals surface area contributed by atoms with E-state index in [9.17, 15) is 0 Å². The average molecular weight is 387 g/mol. The first kappa shape index (κ1) is 19.6. The number of benzene rings is 1. The summed E-state index contributed by atoms with van der Waals surface area (Å²) in [5.41, 5.74) is 5.03. The first-order valence-corrected chi connectivity index (χ1v) is 9.38. The molecule has 1 aromatic carbocycles. The number of halogens is 1. The molecule has 0 spiro atoms. The van der Waals surface area contributed by atoms with Crippen molar-refractivity contribution in [3.05, 3.63) is 60.3 Å². The van der Waals surface area contributed by atoms with Crippen LogP contribution < -0.4 is 0 Å². The summed E-state index contributed by atoms with van der Waals surface area (Å²) >= 11 is 0. The molecule has 144 valence electrons. The van der Waals surface area contributed by atoms with Gasteiger partial charge in [0, 0.05) is 43.5 Å². The topological polar surface area (TPSA) is 44.9 Å². The Morgan fingerprint density at radius 1 is 1.11 bits per heavy atom. The van der Waals surface area contributed by atoms with E-state index in [1.54, 1.807) is 0 Å². The highest BCUT2D eigenvalue weighted by molar-refractivity contribution is 5.85. The molecule has 0 bridgehead atoms. The minimum Gasteiger partial charge on any atom is -0.381 e. The highest BCUT2D eigenvalue weighted by Gasteiger charge is 2.35. The minimum absolute atomic E-state index is 0. The normalized spacial score (nSPS) is 16.1. The number of hydrogen-bond acceptors (Lipinski definition) is 3. The first-order valence-electron chi connectivity index (χ1n) is 9.38. The fourth-order valence-corrected chi connectivity index (χ4v) is 3.89. The van der Waals surface area contributed by atoms with Crippen LogP contribution in [0.4, 0.5) is 0 Å². The quantitative estimate of drug-likeness (QED) is 0.658. The Balaban J connectivity index is 0.00000210. The Labute approximate surface area is 166 Å². The molecule has 0 atom stereocenters. The van der Waals surface area contributed by atoms with Crippen molar-refractivity contribution < 1.29 is 4.74 Å². The van der Waals surface area contributed by atoms with Crippen molar-refractivity contribution in [1.29, 1.82) is 0 Å². The predicted octanol–water partition coefficient (Wildman–Crippen LogP) is 4.25. The standard InChI is InChI=1S/C21H26N4O.ClH/c1-3-25-14-18(12-23-25)20-13-22-16-24(20)15-21(8-10-26-11-9-21)19-6-4-17(2)5-7-19;/h4-7,12-14,16H,3,8-11,15H2,1-2H3;1H.